The summed E-state index contributed by atoms with van der Waals surface area (Å²) in [5, 5.41) is 6.98. The molecule has 2 heterocycles. The highest BCUT2D eigenvalue weighted by atomic mass is 35.5. The highest BCUT2D eigenvalue weighted by molar-refractivity contribution is 7.98. The van der Waals surface area contributed by atoms with Crippen LogP contribution < -0.4 is 16.2 Å². The molecule has 1 fully saturated rings. The van der Waals surface area contributed by atoms with Gasteiger partial charge in [0.1, 0.15) is 5.82 Å². The third-order valence-electron chi connectivity index (χ3n) is 4.36. The number of benzene rings is 1. The van der Waals surface area contributed by atoms with Gasteiger partial charge in [-0.2, -0.15) is 11.8 Å². The van der Waals surface area contributed by atoms with Crippen LogP contribution in [0.2, 0.25) is 0 Å². The molecule has 26 heavy (non-hydrogen) atoms. The van der Waals surface area contributed by atoms with Crippen LogP contribution in [0.15, 0.2) is 29.1 Å². The molecule has 0 radical (unpaired) electrons. The molecule has 1 saturated heterocycles. The van der Waals surface area contributed by atoms with Crippen molar-refractivity contribution in [1.29, 1.82) is 0 Å². The second kappa shape index (κ2) is 10.5. The van der Waals surface area contributed by atoms with E-state index in [9.17, 15) is 9.59 Å². The lowest BCUT2D eigenvalue weighted by Gasteiger charge is -2.22. The molecule has 1 atom stereocenters. The minimum atomic E-state index is -0.111. The maximum atomic E-state index is 12.0. The van der Waals surface area contributed by atoms with Gasteiger partial charge >= 0.3 is 0 Å². The number of thioether (sulfide) groups is 1. The first-order valence-corrected chi connectivity index (χ1v) is 9.91. The lowest BCUT2D eigenvalue weighted by molar-refractivity contribution is -0.120. The zero-order valence-corrected chi connectivity index (χ0v) is 16.3. The third kappa shape index (κ3) is 6.00. The van der Waals surface area contributed by atoms with Gasteiger partial charge in [0.25, 0.3) is 5.56 Å². The van der Waals surface area contributed by atoms with Gasteiger partial charge in [-0.1, -0.05) is 12.1 Å². The summed E-state index contributed by atoms with van der Waals surface area (Å²) < 4.78 is 0. The molecule has 1 aromatic carbocycles. The zero-order chi connectivity index (χ0) is 17.5. The van der Waals surface area contributed by atoms with Gasteiger partial charge in [-0.3, -0.25) is 9.59 Å². The van der Waals surface area contributed by atoms with E-state index in [0.29, 0.717) is 40.6 Å². The Morgan fingerprint density at radius 2 is 2.19 bits per heavy atom. The molecule has 0 spiro atoms. The molecule has 3 N–H and O–H groups in total. The Kier molecular flexibility index (Phi) is 8.41. The number of nitrogens with zero attached hydrogens (tertiary/aromatic N) is 1. The van der Waals surface area contributed by atoms with Crippen LogP contribution in [0.4, 0.5) is 0 Å². The Morgan fingerprint density at radius 3 is 3.00 bits per heavy atom. The van der Waals surface area contributed by atoms with Gasteiger partial charge in [0.15, 0.2) is 0 Å². The number of piperidine rings is 1. The van der Waals surface area contributed by atoms with Gasteiger partial charge < -0.3 is 15.6 Å². The molecule has 1 aliphatic heterocycles. The SMILES string of the molecule is Cl.O=C(CCSCc1nc2ccccc2c(=O)[nH]1)NCC1CCCNC1. The van der Waals surface area contributed by atoms with Crippen molar-refractivity contribution in [3.8, 4) is 0 Å². The second-order valence-electron chi connectivity index (χ2n) is 6.35. The molecule has 2 aromatic rings. The van der Waals surface area contributed by atoms with E-state index >= 15 is 0 Å². The molecule has 1 aliphatic rings. The zero-order valence-electron chi connectivity index (χ0n) is 14.6. The fraction of sp³-hybridized carbons (Fsp3) is 0.500. The number of carbonyl (C=O) groups excluding carboxylic acids is 1. The molecule has 8 heteroatoms. The fourth-order valence-corrected chi connectivity index (χ4v) is 3.79. The van der Waals surface area contributed by atoms with Crippen LogP contribution in [0, 0.1) is 5.92 Å². The number of para-hydroxylation sites is 1. The van der Waals surface area contributed by atoms with Crippen LogP contribution in [0.1, 0.15) is 25.1 Å². The second-order valence-corrected chi connectivity index (χ2v) is 7.45. The third-order valence-corrected chi connectivity index (χ3v) is 5.33. The minimum Gasteiger partial charge on any atom is -0.356 e. The van der Waals surface area contributed by atoms with E-state index < -0.39 is 0 Å². The molecule has 0 bridgehead atoms. The Balaban J connectivity index is 0.00000243. The Labute approximate surface area is 163 Å². The molecular weight excluding hydrogens is 372 g/mol. The summed E-state index contributed by atoms with van der Waals surface area (Å²) in [6, 6.07) is 7.31. The standard InChI is InChI=1S/C18H24N4O2S.ClH/c23-17(20-11-13-4-3-8-19-10-13)7-9-25-12-16-21-15-6-2-1-5-14(15)18(24)22-16;/h1-2,5-6,13,19H,3-4,7-12H2,(H,20,23)(H,21,22,24);1H. The predicted octanol–water partition coefficient (Wildman–Crippen LogP) is 2.08. The predicted molar refractivity (Wildman–Crippen MR) is 109 cm³/mol. The number of aromatic amines is 1. The first kappa shape index (κ1) is 20.7. The van der Waals surface area contributed by atoms with Crippen molar-refractivity contribution >= 4 is 41.0 Å². The van der Waals surface area contributed by atoms with Crippen LogP contribution >= 0.6 is 24.2 Å². The fourth-order valence-electron chi connectivity index (χ4n) is 2.98. The first-order valence-electron chi connectivity index (χ1n) is 8.75. The largest absolute Gasteiger partial charge is 0.356 e. The average Bonchev–Trinajstić information content (AvgIpc) is 2.64. The lowest BCUT2D eigenvalue weighted by Crippen LogP contribution is -2.38. The van der Waals surface area contributed by atoms with E-state index in [1.807, 2.05) is 18.2 Å². The van der Waals surface area contributed by atoms with Gasteiger partial charge in [-0.25, -0.2) is 4.98 Å². The van der Waals surface area contributed by atoms with E-state index in [-0.39, 0.29) is 23.9 Å². The van der Waals surface area contributed by atoms with Gasteiger partial charge in [0.05, 0.1) is 16.7 Å². The van der Waals surface area contributed by atoms with Crippen molar-refractivity contribution in [2.24, 2.45) is 5.92 Å². The highest BCUT2D eigenvalue weighted by Crippen LogP contribution is 2.12. The summed E-state index contributed by atoms with van der Waals surface area (Å²) in [6.45, 7) is 2.85. The van der Waals surface area contributed by atoms with Crippen molar-refractivity contribution in [1.82, 2.24) is 20.6 Å². The number of nitrogens with one attached hydrogen (secondary N) is 3. The number of H-pyrrole nitrogens is 1. The summed E-state index contributed by atoms with van der Waals surface area (Å²) in [4.78, 5) is 31.2. The monoisotopic (exact) mass is 396 g/mol. The van der Waals surface area contributed by atoms with Crippen molar-refractivity contribution in [2.45, 2.75) is 25.0 Å². The number of rotatable bonds is 7. The van der Waals surface area contributed by atoms with Crippen LogP contribution in [-0.2, 0) is 10.5 Å². The van der Waals surface area contributed by atoms with E-state index in [1.165, 1.54) is 12.8 Å². The van der Waals surface area contributed by atoms with Gasteiger partial charge in [0, 0.05) is 18.7 Å². The van der Waals surface area contributed by atoms with Crippen LogP contribution in [0.3, 0.4) is 0 Å². The van der Waals surface area contributed by atoms with E-state index in [1.54, 1.807) is 17.8 Å². The Hall–Kier alpha value is -1.57. The average molecular weight is 397 g/mol. The number of fused-ring (bicyclic) bond motifs is 1. The van der Waals surface area contributed by atoms with Crippen LogP contribution in [0.25, 0.3) is 10.9 Å². The van der Waals surface area contributed by atoms with E-state index in [0.717, 1.165) is 19.6 Å². The van der Waals surface area contributed by atoms with Crippen molar-refractivity contribution in [3.05, 3.63) is 40.4 Å². The number of amides is 1. The summed E-state index contributed by atoms with van der Waals surface area (Å²) >= 11 is 1.61. The number of hydrogen-bond donors (Lipinski definition) is 3. The smallest absolute Gasteiger partial charge is 0.258 e. The molecule has 6 nitrogen and oxygen atoms in total. The van der Waals surface area contributed by atoms with Gasteiger partial charge in [-0.15, -0.1) is 12.4 Å². The maximum absolute atomic E-state index is 12.0. The summed E-state index contributed by atoms with van der Waals surface area (Å²) in [5.74, 6) is 2.61. The minimum absolute atomic E-state index is 0. The molecule has 3 rings (SSSR count). The summed E-state index contributed by atoms with van der Waals surface area (Å²) in [5.41, 5.74) is 0.598. The molecule has 0 saturated carbocycles. The molecule has 142 valence electrons. The van der Waals surface area contributed by atoms with Gasteiger partial charge in [0.2, 0.25) is 5.91 Å². The van der Waals surface area contributed by atoms with Crippen LogP contribution in [0.5, 0.6) is 0 Å². The van der Waals surface area contributed by atoms with Crippen molar-refractivity contribution < 1.29 is 4.79 Å². The molecule has 0 aliphatic carbocycles. The number of hydrogen-bond acceptors (Lipinski definition) is 5. The maximum Gasteiger partial charge on any atom is 0.258 e. The lowest BCUT2D eigenvalue weighted by atomic mass is 10.00. The van der Waals surface area contributed by atoms with Crippen molar-refractivity contribution in [2.75, 3.05) is 25.4 Å². The van der Waals surface area contributed by atoms with E-state index in [4.69, 9.17) is 0 Å². The molecule has 1 unspecified atom stereocenters. The highest BCUT2D eigenvalue weighted by Gasteiger charge is 2.13. The van der Waals surface area contributed by atoms with E-state index in [2.05, 4.69) is 20.6 Å². The number of carbonyl (C=O) groups is 1. The molecule has 1 amide bonds. The molecule has 1 aromatic heterocycles. The first-order chi connectivity index (χ1) is 12.2. The number of aromatic nitrogens is 2. The van der Waals surface area contributed by atoms with Crippen molar-refractivity contribution in [3.63, 3.8) is 0 Å². The summed E-state index contributed by atoms with van der Waals surface area (Å²) in [6.07, 6.45) is 2.86. The number of halogens is 1. The van der Waals surface area contributed by atoms with Gasteiger partial charge in [-0.05, 0) is 44.0 Å². The molecular formula is C18H25ClN4O2S. The Bertz CT molecular complexity index is 777. The normalized spacial score (nSPS) is 16.8. The van der Waals surface area contributed by atoms with Crippen LogP contribution in [-0.4, -0.2) is 41.3 Å². The summed E-state index contributed by atoms with van der Waals surface area (Å²) in [7, 11) is 0. The Morgan fingerprint density at radius 1 is 1.35 bits per heavy atom. The quantitative estimate of drug-likeness (QED) is 0.624. The topological polar surface area (TPSA) is 86.9 Å².